The standard InChI is InChI=1S/C28H33N7O3/c1-28(2,3)38-27(37)34-12-5-6-19(17-34)26(36)33-13-9-18(16-33)23-14-21-20(8-11-29-25(21)32-23)22-15-31-35-24(22)7-4-10-30-35/h4,7-8,10-11,14-15,18-19H,5-6,9,12-13,16-17H2,1-3H3,(H,29,32)/t18?,19-/m0/s1. The number of fused-ring (bicyclic) bond motifs is 2. The van der Waals surface area contributed by atoms with Gasteiger partial charge in [0, 0.05) is 61.1 Å². The zero-order chi connectivity index (χ0) is 26.4. The number of nitrogens with one attached hydrogen (secondary N) is 1. The van der Waals surface area contributed by atoms with E-state index in [1.54, 1.807) is 15.7 Å². The lowest BCUT2D eigenvalue weighted by atomic mass is 9.97. The molecule has 0 aliphatic carbocycles. The molecule has 2 aliphatic heterocycles. The molecule has 2 atom stereocenters. The number of H-pyrrole nitrogens is 1. The molecule has 2 fully saturated rings. The lowest BCUT2D eigenvalue weighted by molar-refractivity contribution is -0.136. The van der Waals surface area contributed by atoms with Gasteiger partial charge in [-0.1, -0.05) is 0 Å². The van der Waals surface area contributed by atoms with Gasteiger partial charge in [0.1, 0.15) is 11.2 Å². The number of amides is 2. The van der Waals surface area contributed by atoms with Crippen LogP contribution in [-0.2, 0) is 9.53 Å². The number of ether oxygens (including phenoxy) is 1. The monoisotopic (exact) mass is 515 g/mol. The van der Waals surface area contributed by atoms with E-state index in [-0.39, 0.29) is 23.8 Å². The topological polar surface area (TPSA) is 109 Å². The van der Waals surface area contributed by atoms with Crippen molar-refractivity contribution < 1.29 is 14.3 Å². The summed E-state index contributed by atoms with van der Waals surface area (Å²) in [6, 6.07) is 8.09. The van der Waals surface area contributed by atoms with Crippen molar-refractivity contribution in [1.29, 1.82) is 0 Å². The highest BCUT2D eigenvalue weighted by molar-refractivity contribution is 5.97. The van der Waals surface area contributed by atoms with E-state index >= 15 is 0 Å². The minimum Gasteiger partial charge on any atom is -0.444 e. The zero-order valence-corrected chi connectivity index (χ0v) is 22.1. The zero-order valence-electron chi connectivity index (χ0n) is 22.1. The van der Waals surface area contributed by atoms with Gasteiger partial charge in [0.15, 0.2) is 0 Å². The van der Waals surface area contributed by atoms with Gasteiger partial charge < -0.3 is 19.5 Å². The van der Waals surface area contributed by atoms with E-state index in [2.05, 4.69) is 26.2 Å². The van der Waals surface area contributed by atoms with Crippen LogP contribution in [0.5, 0.6) is 0 Å². The van der Waals surface area contributed by atoms with E-state index in [0.717, 1.165) is 52.6 Å². The Morgan fingerprint density at radius 1 is 1.03 bits per heavy atom. The molecule has 0 radical (unpaired) electrons. The van der Waals surface area contributed by atoms with Gasteiger partial charge in [-0.2, -0.15) is 14.8 Å². The molecule has 4 aromatic heterocycles. The highest BCUT2D eigenvalue weighted by Gasteiger charge is 2.36. The summed E-state index contributed by atoms with van der Waals surface area (Å²) in [5.74, 6) is 0.155. The quantitative estimate of drug-likeness (QED) is 0.437. The van der Waals surface area contributed by atoms with Crippen molar-refractivity contribution in [2.75, 3.05) is 26.2 Å². The van der Waals surface area contributed by atoms with Crippen LogP contribution in [0.4, 0.5) is 4.79 Å². The van der Waals surface area contributed by atoms with E-state index in [4.69, 9.17) is 4.74 Å². The third-order valence-electron chi connectivity index (χ3n) is 7.51. The Hall–Kier alpha value is -3.95. The first kappa shape index (κ1) is 24.4. The number of rotatable bonds is 3. The van der Waals surface area contributed by atoms with Crippen molar-refractivity contribution >= 4 is 28.6 Å². The molecule has 0 bridgehead atoms. The second-order valence-electron chi connectivity index (χ2n) is 11.3. The minimum absolute atomic E-state index is 0.134. The van der Waals surface area contributed by atoms with Crippen molar-refractivity contribution in [2.45, 2.75) is 51.6 Å². The molecule has 2 saturated heterocycles. The summed E-state index contributed by atoms with van der Waals surface area (Å²) in [4.78, 5) is 37.7. The molecule has 2 amide bonds. The maximum atomic E-state index is 13.4. The number of carbonyl (C=O) groups is 2. The van der Waals surface area contributed by atoms with Crippen LogP contribution < -0.4 is 0 Å². The Kier molecular flexibility index (Phi) is 6.04. The van der Waals surface area contributed by atoms with Crippen LogP contribution in [0.1, 0.15) is 51.6 Å². The van der Waals surface area contributed by atoms with E-state index < -0.39 is 5.60 Å². The van der Waals surface area contributed by atoms with Crippen LogP contribution >= 0.6 is 0 Å². The van der Waals surface area contributed by atoms with Crippen LogP contribution in [0.15, 0.2) is 42.9 Å². The van der Waals surface area contributed by atoms with Crippen LogP contribution in [0.2, 0.25) is 0 Å². The van der Waals surface area contributed by atoms with Gasteiger partial charge in [-0.15, -0.1) is 0 Å². The second-order valence-corrected chi connectivity index (χ2v) is 11.3. The third kappa shape index (κ3) is 4.59. The highest BCUT2D eigenvalue weighted by atomic mass is 16.6. The number of hydrogen-bond acceptors (Lipinski definition) is 6. The molecular formula is C28H33N7O3. The normalized spacial score (nSPS) is 20.4. The van der Waals surface area contributed by atoms with Crippen LogP contribution in [0.25, 0.3) is 27.7 Å². The lowest BCUT2D eigenvalue weighted by Crippen LogP contribution is -2.47. The van der Waals surface area contributed by atoms with Gasteiger partial charge in [0.25, 0.3) is 0 Å². The predicted molar refractivity (Wildman–Crippen MR) is 143 cm³/mol. The number of piperidine rings is 1. The molecule has 6 rings (SSSR count). The summed E-state index contributed by atoms with van der Waals surface area (Å²) >= 11 is 0. The average molecular weight is 516 g/mol. The Labute approximate surface area is 221 Å². The Bertz CT molecular complexity index is 1500. The SMILES string of the molecule is CC(C)(C)OC(=O)N1CCC[C@H](C(=O)N2CCC(c3cc4c(-c5cnn6ncccc56)ccnc4[nH]3)C2)C1. The first-order valence-corrected chi connectivity index (χ1v) is 13.3. The van der Waals surface area contributed by atoms with Crippen molar-refractivity contribution in [1.82, 2.24) is 34.6 Å². The van der Waals surface area contributed by atoms with E-state index in [1.807, 2.05) is 56.3 Å². The number of carbonyl (C=O) groups excluding carboxylic acids is 2. The van der Waals surface area contributed by atoms with Gasteiger partial charge in [0.2, 0.25) is 5.91 Å². The summed E-state index contributed by atoms with van der Waals surface area (Å²) in [5, 5.41) is 9.71. The molecule has 0 spiro atoms. The first-order valence-electron chi connectivity index (χ1n) is 13.3. The van der Waals surface area contributed by atoms with Gasteiger partial charge in [0.05, 0.1) is 17.6 Å². The second kappa shape index (κ2) is 9.41. The summed E-state index contributed by atoms with van der Waals surface area (Å²) in [6.07, 6.45) is 7.52. The summed E-state index contributed by atoms with van der Waals surface area (Å²) in [7, 11) is 0. The molecule has 10 nitrogen and oxygen atoms in total. The summed E-state index contributed by atoms with van der Waals surface area (Å²) < 4.78 is 7.17. The highest BCUT2D eigenvalue weighted by Crippen LogP contribution is 2.35. The molecule has 1 N–H and O–H groups in total. The fraction of sp³-hybridized carbons (Fsp3) is 0.464. The molecule has 0 aromatic carbocycles. The molecule has 198 valence electrons. The Balaban J connectivity index is 1.17. The van der Waals surface area contributed by atoms with Crippen molar-refractivity contribution in [2.24, 2.45) is 5.92 Å². The van der Waals surface area contributed by atoms with Gasteiger partial charge in [-0.05, 0) is 69.9 Å². The molecule has 10 heteroatoms. The number of likely N-dealkylation sites (tertiary alicyclic amines) is 2. The van der Waals surface area contributed by atoms with Gasteiger partial charge in [-0.3, -0.25) is 4.79 Å². The molecule has 38 heavy (non-hydrogen) atoms. The van der Waals surface area contributed by atoms with E-state index in [1.165, 1.54) is 0 Å². The van der Waals surface area contributed by atoms with Crippen LogP contribution in [0, 0.1) is 5.92 Å². The minimum atomic E-state index is -0.549. The number of aromatic amines is 1. The van der Waals surface area contributed by atoms with Crippen LogP contribution in [-0.4, -0.2) is 78.4 Å². The van der Waals surface area contributed by atoms with Gasteiger partial charge in [-0.25, -0.2) is 9.78 Å². The fourth-order valence-electron chi connectivity index (χ4n) is 5.69. The van der Waals surface area contributed by atoms with Crippen molar-refractivity contribution in [3.63, 3.8) is 0 Å². The maximum absolute atomic E-state index is 13.4. The predicted octanol–water partition coefficient (Wildman–Crippen LogP) is 4.24. The Morgan fingerprint density at radius 3 is 2.74 bits per heavy atom. The number of nitrogens with zero attached hydrogens (tertiary/aromatic N) is 6. The first-order chi connectivity index (χ1) is 18.3. The molecule has 4 aromatic rings. The molecular weight excluding hydrogens is 482 g/mol. The Morgan fingerprint density at radius 2 is 1.89 bits per heavy atom. The van der Waals surface area contributed by atoms with Gasteiger partial charge >= 0.3 is 6.09 Å². The average Bonchev–Trinajstić information content (AvgIpc) is 3.65. The summed E-state index contributed by atoms with van der Waals surface area (Å²) in [5.41, 5.74) is 4.36. The number of hydrogen-bond donors (Lipinski definition) is 1. The van der Waals surface area contributed by atoms with E-state index in [0.29, 0.717) is 26.2 Å². The fourth-order valence-corrected chi connectivity index (χ4v) is 5.69. The number of aromatic nitrogens is 5. The largest absolute Gasteiger partial charge is 0.444 e. The molecule has 0 saturated carbocycles. The lowest BCUT2D eigenvalue weighted by Gasteiger charge is -2.35. The molecule has 2 aliphatic rings. The summed E-state index contributed by atoms with van der Waals surface area (Å²) in [6.45, 7) is 8.00. The maximum Gasteiger partial charge on any atom is 0.410 e. The van der Waals surface area contributed by atoms with E-state index in [9.17, 15) is 9.59 Å². The molecule has 1 unspecified atom stereocenters. The number of pyridine rings is 1. The molecule has 6 heterocycles. The van der Waals surface area contributed by atoms with Crippen molar-refractivity contribution in [3.8, 4) is 11.1 Å². The van der Waals surface area contributed by atoms with Crippen LogP contribution in [0.3, 0.4) is 0 Å². The third-order valence-corrected chi connectivity index (χ3v) is 7.51. The smallest absolute Gasteiger partial charge is 0.410 e. The van der Waals surface area contributed by atoms with Crippen molar-refractivity contribution in [3.05, 3.63) is 48.5 Å².